The van der Waals surface area contributed by atoms with E-state index in [0.717, 1.165) is 30.1 Å². The third-order valence-corrected chi connectivity index (χ3v) is 3.18. The predicted molar refractivity (Wildman–Crippen MR) is 82.5 cm³/mol. The van der Waals surface area contributed by atoms with Crippen LogP contribution in [0.3, 0.4) is 0 Å². The first-order valence-electron chi connectivity index (χ1n) is 6.91. The van der Waals surface area contributed by atoms with E-state index in [-0.39, 0.29) is 0 Å². The van der Waals surface area contributed by atoms with E-state index in [0.29, 0.717) is 18.2 Å². The number of nitrogens with one attached hydrogen (secondary N) is 1. The number of benzene rings is 1. The maximum Gasteiger partial charge on any atom is 0.142 e. The summed E-state index contributed by atoms with van der Waals surface area (Å²) < 4.78 is 7.61. The topological polar surface area (TPSA) is 39.1 Å². The molecule has 108 valence electrons. The largest absolute Gasteiger partial charge is 0.492 e. The first kappa shape index (κ1) is 14.7. The van der Waals surface area contributed by atoms with Crippen molar-refractivity contribution in [1.29, 1.82) is 0 Å². The zero-order valence-electron chi connectivity index (χ0n) is 11.9. The molecular formula is C15H20ClN3O. The standard InChI is InChI=1S/C15H20ClN3O/c1-3-9-19-13(7-8-18-19)11-17-14-10-12(16)5-6-15(14)20-4-2/h5-8,10,17H,3-4,9,11H2,1-2H3. The molecule has 0 aliphatic heterocycles. The number of aromatic nitrogens is 2. The van der Waals surface area contributed by atoms with Crippen LogP contribution in [0.4, 0.5) is 5.69 Å². The van der Waals surface area contributed by atoms with E-state index in [4.69, 9.17) is 16.3 Å². The second-order valence-corrected chi connectivity index (χ2v) is 4.91. The van der Waals surface area contributed by atoms with Crippen molar-refractivity contribution in [1.82, 2.24) is 9.78 Å². The summed E-state index contributed by atoms with van der Waals surface area (Å²) in [5, 5.41) is 8.38. The minimum atomic E-state index is 0.629. The van der Waals surface area contributed by atoms with Crippen molar-refractivity contribution in [2.24, 2.45) is 0 Å². The van der Waals surface area contributed by atoms with Gasteiger partial charge in [-0.15, -0.1) is 0 Å². The molecule has 1 aromatic carbocycles. The highest BCUT2D eigenvalue weighted by Gasteiger charge is 2.06. The van der Waals surface area contributed by atoms with Crippen LogP contribution in [0.5, 0.6) is 5.75 Å². The second-order valence-electron chi connectivity index (χ2n) is 4.47. The maximum atomic E-state index is 6.05. The number of anilines is 1. The molecule has 0 saturated carbocycles. The van der Waals surface area contributed by atoms with E-state index in [9.17, 15) is 0 Å². The van der Waals surface area contributed by atoms with Crippen LogP contribution in [0.2, 0.25) is 5.02 Å². The van der Waals surface area contributed by atoms with Gasteiger partial charge in [0.05, 0.1) is 24.5 Å². The number of aryl methyl sites for hydroxylation is 1. The zero-order valence-corrected chi connectivity index (χ0v) is 12.7. The Hall–Kier alpha value is -1.68. The zero-order chi connectivity index (χ0) is 14.4. The molecule has 1 N–H and O–H groups in total. The van der Waals surface area contributed by atoms with Gasteiger partial charge in [0.2, 0.25) is 0 Å². The first-order chi connectivity index (χ1) is 9.74. The van der Waals surface area contributed by atoms with Gasteiger partial charge in [0.15, 0.2) is 0 Å². The summed E-state index contributed by atoms with van der Waals surface area (Å²) in [6, 6.07) is 7.62. The Bertz CT molecular complexity index is 554. The average Bonchev–Trinajstić information content (AvgIpc) is 2.87. The van der Waals surface area contributed by atoms with Crippen LogP contribution < -0.4 is 10.1 Å². The molecular weight excluding hydrogens is 274 g/mol. The van der Waals surface area contributed by atoms with Gasteiger partial charge in [0.1, 0.15) is 5.75 Å². The molecule has 0 aliphatic rings. The SMILES string of the molecule is CCCn1nccc1CNc1cc(Cl)ccc1OCC. The Kier molecular flexibility index (Phi) is 5.30. The van der Waals surface area contributed by atoms with Gasteiger partial charge in [-0.05, 0) is 37.6 Å². The van der Waals surface area contributed by atoms with Gasteiger partial charge in [0.25, 0.3) is 0 Å². The normalized spacial score (nSPS) is 10.6. The Morgan fingerprint density at radius 1 is 1.30 bits per heavy atom. The summed E-state index contributed by atoms with van der Waals surface area (Å²) in [7, 11) is 0. The van der Waals surface area contributed by atoms with Crippen molar-refractivity contribution in [2.75, 3.05) is 11.9 Å². The number of hydrogen-bond acceptors (Lipinski definition) is 3. The van der Waals surface area contributed by atoms with Gasteiger partial charge in [-0.2, -0.15) is 5.10 Å². The van der Waals surface area contributed by atoms with E-state index in [1.807, 2.05) is 42.1 Å². The molecule has 0 radical (unpaired) electrons. The first-order valence-corrected chi connectivity index (χ1v) is 7.29. The summed E-state index contributed by atoms with van der Waals surface area (Å²) >= 11 is 6.05. The van der Waals surface area contributed by atoms with Gasteiger partial charge in [0, 0.05) is 17.8 Å². The highest BCUT2D eigenvalue weighted by atomic mass is 35.5. The minimum absolute atomic E-state index is 0.629. The van der Waals surface area contributed by atoms with Crippen molar-refractivity contribution < 1.29 is 4.74 Å². The summed E-state index contributed by atoms with van der Waals surface area (Å²) in [5.41, 5.74) is 2.05. The highest BCUT2D eigenvalue weighted by Crippen LogP contribution is 2.28. The van der Waals surface area contributed by atoms with Crippen LogP contribution in [0.1, 0.15) is 26.0 Å². The smallest absolute Gasteiger partial charge is 0.142 e. The van der Waals surface area contributed by atoms with Crippen molar-refractivity contribution in [3.8, 4) is 5.75 Å². The Labute approximate surface area is 124 Å². The molecule has 4 nitrogen and oxygen atoms in total. The monoisotopic (exact) mass is 293 g/mol. The maximum absolute atomic E-state index is 6.05. The Morgan fingerprint density at radius 2 is 2.15 bits per heavy atom. The van der Waals surface area contributed by atoms with E-state index in [2.05, 4.69) is 17.3 Å². The molecule has 0 bridgehead atoms. The summed E-state index contributed by atoms with van der Waals surface area (Å²) in [6.07, 6.45) is 2.89. The Balaban J connectivity index is 2.09. The molecule has 0 saturated heterocycles. The van der Waals surface area contributed by atoms with Crippen molar-refractivity contribution >= 4 is 17.3 Å². The lowest BCUT2D eigenvalue weighted by Crippen LogP contribution is -2.09. The minimum Gasteiger partial charge on any atom is -0.492 e. The quantitative estimate of drug-likeness (QED) is 0.840. The highest BCUT2D eigenvalue weighted by molar-refractivity contribution is 6.30. The molecule has 0 fully saturated rings. The van der Waals surface area contributed by atoms with Crippen molar-refractivity contribution in [3.63, 3.8) is 0 Å². The molecule has 0 amide bonds. The Morgan fingerprint density at radius 3 is 2.90 bits per heavy atom. The fourth-order valence-corrected chi connectivity index (χ4v) is 2.20. The van der Waals surface area contributed by atoms with Gasteiger partial charge in [-0.25, -0.2) is 0 Å². The van der Waals surface area contributed by atoms with Crippen LogP contribution in [-0.2, 0) is 13.1 Å². The van der Waals surface area contributed by atoms with E-state index < -0.39 is 0 Å². The number of halogens is 1. The molecule has 2 aromatic rings. The number of nitrogens with zero attached hydrogens (tertiary/aromatic N) is 2. The fraction of sp³-hybridized carbons (Fsp3) is 0.400. The summed E-state index contributed by atoms with van der Waals surface area (Å²) in [4.78, 5) is 0. The van der Waals surface area contributed by atoms with E-state index in [1.165, 1.54) is 0 Å². The van der Waals surface area contributed by atoms with E-state index in [1.54, 1.807) is 0 Å². The van der Waals surface area contributed by atoms with Crippen molar-refractivity contribution in [2.45, 2.75) is 33.4 Å². The summed E-state index contributed by atoms with van der Waals surface area (Å²) in [6.45, 7) is 6.36. The number of ether oxygens (including phenoxy) is 1. The molecule has 1 heterocycles. The number of hydrogen-bond donors (Lipinski definition) is 1. The molecule has 5 heteroatoms. The molecule has 20 heavy (non-hydrogen) atoms. The predicted octanol–water partition coefficient (Wildman–Crippen LogP) is 3.96. The molecule has 0 unspecified atom stereocenters. The lowest BCUT2D eigenvalue weighted by atomic mass is 10.2. The molecule has 0 spiro atoms. The van der Waals surface area contributed by atoms with Crippen LogP contribution in [-0.4, -0.2) is 16.4 Å². The second kappa shape index (κ2) is 7.20. The third kappa shape index (κ3) is 3.67. The van der Waals surface area contributed by atoms with E-state index >= 15 is 0 Å². The van der Waals surface area contributed by atoms with Gasteiger partial charge >= 0.3 is 0 Å². The van der Waals surface area contributed by atoms with Crippen LogP contribution in [0, 0.1) is 0 Å². The van der Waals surface area contributed by atoms with Crippen molar-refractivity contribution in [3.05, 3.63) is 41.2 Å². The van der Waals surface area contributed by atoms with Crippen LogP contribution in [0.15, 0.2) is 30.5 Å². The van der Waals surface area contributed by atoms with Crippen LogP contribution >= 0.6 is 11.6 Å². The van der Waals surface area contributed by atoms with Crippen LogP contribution in [0.25, 0.3) is 0 Å². The third-order valence-electron chi connectivity index (χ3n) is 2.94. The van der Waals surface area contributed by atoms with Gasteiger partial charge in [-0.1, -0.05) is 18.5 Å². The fourth-order valence-electron chi connectivity index (χ4n) is 2.03. The van der Waals surface area contributed by atoms with Gasteiger partial charge in [-0.3, -0.25) is 4.68 Å². The average molecular weight is 294 g/mol. The summed E-state index contributed by atoms with van der Waals surface area (Å²) in [5.74, 6) is 0.818. The molecule has 0 aliphatic carbocycles. The van der Waals surface area contributed by atoms with Gasteiger partial charge < -0.3 is 10.1 Å². The lowest BCUT2D eigenvalue weighted by Gasteiger charge is -2.13. The molecule has 2 rings (SSSR count). The number of rotatable bonds is 7. The lowest BCUT2D eigenvalue weighted by molar-refractivity contribution is 0.341. The molecule has 0 atom stereocenters. The molecule has 1 aromatic heterocycles.